The monoisotopic (exact) mass is 363 g/mol. The fourth-order valence-corrected chi connectivity index (χ4v) is 3.54. The van der Waals surface area contributed by atoms with Crippen LogP contribution in [-0.4, -0.2) is 23.3 Å². The van der Waals surface area contributed by atoms with Gasteiger partial charge < -0.3 is 10.1 Å². The highest BCUT2D eigenvalue weighted by atomic mass is 35.5. The fraction of sp³-hybridized carbons (Fsp3) is 0.222. The summed E-state index contributed by atoms with van der Waals surface area (Å²) in [6.07, 6.45) is 0.346. The number of carbonyl (C=O) groups is 2. The van der Waals surface area contributed by atoms with E-state index in [-0.39, 0.29) is 5.91 Å². The average molecular weight is 364 g/mol. The Morgan fingerprint density at radius 1 is 1.04 bits per heavy atom. The Bertz CT molecular complexity index is 775. The number of halogens is 2. The molecule has 1 amide bonds. The van der Waals surface area contributed by atoms with E-state index in [1.807, 2.05) is 30.3 Å². The molecule has 24 heavy (non-hydrogen) atoms. The molecule has 6 heteroatoms. The van der Waals surface area contributed by atoms with E-state index in [1.165, 1.54) is 7.11 Å². The summed E-state index contributed by atoms with van der Waals surface area (Å²) in [6, 6.07) is 15.7. The average Bonchev–Trinajstić information content (AvgIpc) is 3.19. The molecule has 0 saturated heterocycles. The van der Waals surface area contributed by atoms with Gasteiger partial charge >= 0.3 is 5.97 Å². The van der Waals surface area contributed by atoms with Gasteiger partial charge in [0.15, 0.2) is 0 Å². The minimum absolute atomic E-state index is 0.274. The quantitative estimate of drug-likeness (QED) is 0.661. The molecular formula is C18H15Cl2NO3. The molecule has 0 heterocycles. The van der Waals surface area contributed by atoms with Gasteiger partial charge in [-0.15, -0.1) is 23.2 Å². The molecule has 1 aliphatic rings. The van der Waals surface area contributed by atoms with Gasteiger partial charge in [-0.3, -0.25) is 4.79 Å². The maximum Gasteiger partial charge on any atom is 0.337 e. The fourth-order valence-electron chi connectivity index (χ4n) is 2.75. The van der Waals surface area contributed by atoms with E-state index in [2.05, 4.69) is 10.1 Å². The summed E-state index contributed by atoms with van der Waals surface area (Å²) in [4.78, 5) is 24.3. The first kappa shape index (κ1) is 16.8. The van der Waals surface area contributed by atoms with Crippen LogP contribution in [0.2, 0.25) is 0 Å². The number of methoxy groups -OCH3 is 1. The van der Waals surface area contributed by atoms with Crippen LogP contribution in [0.5, 0.6) is 0 Å². The number of alkyl halides is 2. The molecule has 1 atom stereocenters. The topological polar surface area (TPSA) is 55.4 Å². The Hall–Kier alpha value is -2.04. The number of esters is 1. The lowest BCUT2D eigenvalue weighted by molar-refractivity contribution is -0.118. The van der Waals surface area contributed by atoms with Gasteiger partial charge in [0.05, 0.1) is 12.7 Å². The standard InChI is InChI=1S/C18H15Cl2NO3/c1-24-15(22)12-7-9-14(10-8-12)21-16(23)17(11-18(17,19)20)13-5-3-2-4-6-13/h2-10H,11H2,1H3,(H,21,23)/t17-/m1/s1. The summed E-state index contributed by atoms with van der Waals surface area (Å²) in [5.41, 5.74) is 0.764. The molecule has 0 aliphatic heterocycles. The van der Waals surface area contributed by atoms with Gasteiger partial charge in [-0.2, -0.15) is 0 Å². The molecule has 3 rings (SSSR count). The Labute approximate surface area is 149 Å². The SMILES string of the molecule is COC(=O)c1ccc(NC(=O)[C@]2(c3ccccc3)CC2(Cl)Cl)cc1. The highest BCUT2D eigenvalue weighted by Crippen LogP contribution is 2.65. The van der Waals surface area contributed by atoms with Gasteiger partial charge in [-0.05, 0) is 29.8 Å². The Morgan fingerprint density at radius 2 is 1.62 bits per heavy atom. The lowest BCUT2D eigenvalue weighted by atomic mass is 9.94. The van der Waals surface area contributed by atoms with Crippen molar-refractivity contribution >= 4 is 40.8 Å². The van der Waals surface area contributed by atoms with Crippen molar-refractivity contribution in [3.05, 3.63) is 65.7 Å². The zero-order valence-corrected chi connectivity index (χ0v) is 14.4. The molecule has 1 aliphatic carbocycles. The molecule has 4 nitrogen and oxygen atoms in total. The first-order valence-electron chi connectivity index (χ1n) is 7.34. The van der Waals surface area contributed by atoms with Crippen LogP contribution in [0.4, 0.5) is 5.69 Å². The maximum absolute atomic E-state index is 12.8. The number of hydrogen-bond acceptors (Lipinski definition) is 3. The number of benzene rings is 2. The van der Waals surface area contributed by atoms with Crippen molar-refractivity contribution in [3.63, 3.8) is 0 Å². The predicted octanol–water partition coefficient (Wildman–Crippen LogP) is 3.93. The van der Waals surface area contributed by atoms with Crippen molar-refractivity contribution in [3.8, 4) is 0 Å². The second-order valence-corrected chi connectivity index (χ2v) is 7.16. The third-order valence-corrected chi connectivity index (χ3v) is 5.12. The lowest BCUT2D eigenvalue weighted by Crippen LogP contribution is -2.32. The predicted molar refractivity (Wildman–Crippen MR) is 93.6 cm³/mol. The highest BCUT2D eigenvalue weighted by Gasteiger charge is 2.72. The minimum Gasteiger partial charge on any atom is -0.465 e. The van der Waals surface area contributed by atoms with Crippen molar-refractivity contribution in [2.75, 3.05) is 12.4 Å². The van der Waals surface area contributed by atoms with Crippen LogP contribution in [0, 0.1) is 0 Å². The number of carbonyl (C=O) groups excluding carboxylic acids is 2. The molecule has 2 aromatic carbocycles. The number of hydrogen-bond donors (Lipinski definition) is 1. The number of anilines is 1. The molecule has 0 spiro atoms. The largest absolute Gasteiger partial charge is 0.465 e. The van der Waals surface area contributed by atoms with Crippen LogP contribution in [0.3, 0.4) is 0 Å². The zero-order chi connectivity index (χ0) is 17.4. The van der Waals surface area contributed by atoms with Crippen molar-refractivity contribution in [1.29, 1.82) is 0 Å². The van der Waals surface area contributed by atoms with E-state index < -0.39 is 15.7 Å². The molecule has 0 unspecified atom stereocenters. The zero-order valence-electron chi connectivity index (χ0n) is 12.9. The number of ether oxygens (including phenoxy) is 1. The van der Waals surface area contributed by atoms with Crippen LogP contribution in [0.15, 0.2) is 54.6 Å². The first-order valence-corrected chi connectivity index (χ1v) is 8.09. The third-order valence-electron chi connectivity index (χ3n) is 4.20. The van der Waals surface area contributed by atoms with Crippen molar-refractivity contribution in [1.82, 2.24) is 0 Å². The summed E-state index contributed by atoms with van der Waals surface area (Å²) < 4.78 is 3.51. The van der Waals surface area contributed by atoms with E-state index in [0.29, 0.717) is 17.7 Å². The van der Waals surface area contributed by atoms with E-state index in [1.54, 1.807) is 24.3 Å². The van der Waals surface area contributed by atoms with E-state index >= 15 is 0 Å². The number of amides is 1. The third kappa shape index (κ3) is 2.76. The molecule has 0 radical (unpaired) electrons. The molecule has 0 bridgehead atoms. The summed E-state index contributed by atoms with van der Waals surface area (Å²) >= 11 is 12.6. The Balaban J connectivity index is 1.82. The Morgan fingerprint density at radius 3 is 2.12 bits per heavy atom. The van der Waals surface area contributed by atoms with Gasteiger partial charge in [0, 0.05) is 12.1 Å². The van der Waals surface area contributed by atoms with Crippen LogP contribution < -0.4 is 5.32 Å². The second kappa shape index (κ2) is 6.11. The van der Waals surface area contributed by atoms with Gasteiger partial charge in [-0.1, -0.05) is 30.3 Å². The van der Waals surface area contributed by atoms with Crippen LogP contribution in [0.25, 0.3) is 0 Å². The molecule has 1 fully saturated rings. The molecular weight excluding hydrogens is 349 g/mol. The molecule has 1 N–H and O–H groups in total. The summed E-state index contributed by atoms with van der Waals surface area (Å²) in [5.74, 6) is -0.708. The smallest absolute Gasteiger partial charge is 0.337 e. The summed E-state index contributed by atoms with van der Waals surface area (Å²) in [5, 5.41) is 2.82. The molecule has 1 saturated carbocycles. The Kier molecular flexibility index (Phi) is 4.28. The van der Waals surface area contributed by atoms with E-state index in [4.69, 9.17) is 23.2 Å². The highest BCUT2D eigenvalue weighted by molar-refractivity contribution is 6.54. The first-order chi connectivity index (χ1) is 11.4. The van der Waals surface area contributed by atoms with Gasteiger partial charge in [0.25, 0.3) is 0 Å². The molecule has 0 aromatic heterocycles. The van der Waals surface area contributed by atoms with Crippen molar-refractivity contribution in [2.45, 2.75) is 16.2 Å². The van der Waals surface area contributed by atoms with Crippen molar-refractivity contribution in [2.24, 2.45) is 0 Å². The van der Waals surface area contributed by atoms with Gasteiger partial charge in [0.2, 0.25) is 5.91 Å². The van der Waals surface area contributed by atoms with Gasteiger partial charge in [0.1, 0.15) is 9.75 Å². The van der Waals surface area contributed by atoms with Crippen LogP contribution >= 0.6 is 23.2 Å². The molecule has 124 valence electrons. The maximum atomic E-state index is 12.8. The van der Waals surface area contributed by atoms with Gasteiger partial charge in [-0.25, -0.2) is 4.79 Å². The molecule has 2 aromatic rings. The van der Waals surface area contributed by atoms with Crippen LogP contribution in [-0.2, 0) is 14.9 Å². The summed E-state index contributed by atoms with van der Waals surface area (Å²) in [6.45, 7) is 0. The number of nitrogens with one attached hydrogen (secondary N) is 1. The van der Waals surface area contributed by atoms with Crippen molar-refractivity contribution < 1.29 is 14.3 Å². The van der Waals surface area contributed by atoms with E-state index in [9.17, 15) is 9.59 Å². The van der Waals surface area contributed by atoms with Crippen LogP contribution in [0.1, 0.15) is 22.3 Å². The second-order valence-electron chi connectivity index (χ2n) is 5.68. The number of rotatable bonds is 4. The van der Waals surface area contributed by atoms with E-state index in [0.717, 1.165) is 5.56 Å². The minimum atomic E-state index is -1.13. The summed E-state index contributed by atoms with van der Waals surface area (Å²) in [7, 11) is 1.31. The lowest BCUT2D eigenvalue weighted by Gasteiger charge is -2.18. The normalized spacial score (nSPS) is 21.0.